The molecular formula is C18H34N2. The summed E-state index contributed by atoms with van der Waals surface area (Å²) in [5, 5.41) is 0. The van der Waals surface area contributed by atoms with Gasteiger partial charge in [0.2, 0.25) is 0 Å². The highest BCUT2D eigenvalue weighted by Crippen LogP contribution is 2.37. The van der Waals surface area contributed by atoms with Gasteiger partial charge in [0.1, 0.15) is 5.82 Å². The first kappa shape index (κ1) is 17.3. The van der Waals surface area contributed by atoms with Crippen molar-refractivity contribution in [2.24, 2.45) is 0 Å². The zero-order chi connectivity index (χ0) is 15.6. The predicted molar refractivity (Wildman–Crippen MR) is 88.5 cm³/mol. The van der Waals surface area contributed by atoms with E-state index in [1.165, 1.54) is 30.1 Å². The number of rotatable bonds is 7. The van der Waals surface area contributed by atoms with Gasteiger partial charge in [0, 0.05) is 16.5 Å². The summed E-state index contributed by atoms with van der Waals surface area (Å²) in [4.78, 5) is 8.75. The molecule has 0 amide bonds. The number of aromatic amines is 1. The second-order valence-corrected chi connectivity index (χ2v) is 7.40. The molecule has 1 aromatic rings. The topological polar surface area (TPSA) is 28.7 Å². The van der Waals surface area contributed by atoms with Gasteiger partial charge in [0.05, 0.1) is 5.69 Å². The molecule has 0 aliphatic rings. The van der Waals surface area contributed by atoms with Crippen molar-refractivity contribution >= 4 is 0 Å². The molecule has 0 aromatic carbocycles. The molecule has 1 rings (SSSR count). The second-order valence-electron chi connectivity index (χ2n) is 7.40. The number of aromatic nitrogens is 2. The highest BCUT2D eigenvalue weighted by Gasteiger charge is 2.33. The average Bonchev–Trinajstić information content (AvgIpc) is 2.84. The van der Waals surface area contributed by atoms with Crippen LogP contribution in [-0.4, -0.2) is 9.97 Å². The molecule has 0 spiro atoms. The summed E-state index contributed by atoms with van der Waals surface area (Å²) in [6.07, 6.45) is 4.65. The van der Waals surface area contributed by atoms with E-state index < -0.39 is 0 Å². The van der Waals surface area contributed by atoms with Crippen LogP contribution in [0.2, 0.25) is 0 Å². The molecule has 0 saturated carbocycles. The Morgan fingerprint density at radius 1 is 1.05 bits per heavy atom. The van der Waals surface area contributed by atoms with Gasteiger partial charge in [-0.1, -0.05) is 61.8 Å². The maximum absolute atomic E-state index is 5.08. The van der Waals surface area contributed by atoms with E-state index in [1.54, 1.807) is 0 Å². The first-order valence-electron chi connectivity index (χ1n) is 8.32. The van der Waals surface area contributed by atoms with E-state index in [4.69, 9.17) is 4.98 Å². The molecule has 1 aromatic heterocycles. The van der Waals surface area contributed by atoms with Gasteiger partial charge in [-0.3, -0.25) is 0 Å². The van der Waals surface area contributed by atoms with E-state index in [0.717, 1.165) is 12.8 Å². The lowest BCUT2D eigenvalue weighted by molar-refractivity contribution is 0.414. The van der Waals surface area contributed by atoms with Gasteiger partial charge in [-0.15, -0.1) is 0 Å². The quantitative estimate of drug-likeness (QED) is 0.682. The lowest BCUT2D eigenvalue weighted by atomic mass is 9.79. The maximum Gasteiger partial charge on any atom is 0.112 e. The lowest BCUT2D eigenvalue weighted by Crippen LogP contribution is -2.23. The third-order valence-electron chi connectivity index (χ3n) is 4.96. The number of hydrogen-bond donors (Lipinski definition) is 1. The van der Waals surface area contributed by atoms with Crippen LogP contribution in [-0.2, 0) is 10.8 Å². The average molecular weight is 278 g/mol. The minimum atomic E-state index is 0.138. The zero-order valence-electron chi connectivity index (χ0n) is 14.9. The summed E-state index contributed by atoms with van der Waals surface area (Å²) in [5.41, 5.74) is 2.97. The Labute approximate surface area is 125 Å². The minimum Gasteiger partial charge on any atom is -0.345 e. The van der Waals surface area contributed by atoms with Crippen molar-refractivity contribution in [3.8, 4) is 0 Å². The van der Waals surface area contributed by atoms with Gasteiger partial charge in [-0.25, -0.2) is 4.98 Å². The smallest absolute Gasteiger partial charge is 0.112 e. The van der Waals surface area contributed by atoms with Gasteiger partial charge in [-0.2, -0.15) is 0 Å². The molecule has 0 bridgehead atoms. The number of nitrogens with one attached hydrogen (secondary N) is 1. The fourth-order valence-corrected chi connectivity index (χ4v) is 2.91. The Hall–Kier alpha value is -0.790. The van der Waals surface area contributed by atoms with Crippen LogP contribution in [0.3, 0.4) is 0 Å². The van der Waals surface area contributed by atoms with Crippen LogP contribution in [0.1, 0.15) is 104 Å². The van der Waals surface area contributed by atoms with E-state index >= 15 is 0 Å². The van der Waals surface area contributed by atoms with Crippen molar-refractivity contribution in [3.05, 3.63) is 17.2 Å². The SMILES string of the molecule is CCCC(C)(C)c1nc(C(C)(CC)CC)c(C(C)C)[nH]1. The normalized spacial score (nSPS) is 13.2. The number of H-pyrrole nitrogens is 1. The maximum atomic E-state index is 5.08. The van der Waals surface area contributed by atoms with Crippen LogP contribution in [0.4, 0.5) is 0 Å². The molecule has 0 atom stereocenters. The first-order chi connectivity index (χ1) is 9.21. The zero-order valence-corrected chi connectivity index (χ0v) is 14.9. The van der Waals surface area contributed by atoms with E-state index in [0.29, 0.717) is 5.92 Å². The lowest BCUT2D eigenvalue weighted by Gasteiger charge is -2.27. The molecule has 0 radical (unpaired) electrons. The van der Waals surface area contributed by atoms with Crippen LogP contribution >= 0.6 is 0 Å². The van der Waals surface area contributed by atoms with Crippen LogP contribution in [0, 0.1) is 0 Å². The van der Waals surface area contributed by atoms with E-state index in [2.05, 4.69) is 60.4 Å². The summed E-state index contributed by atoms with van der Waals surface area (Å²) in [6.45, 7) is 18.3. The van der Waals surface area contributed by atoms with Crippen LogP contribution < -0.4 is 0 Å². The van der Waals surface area contributed by atoms with Crippen molar-refractivity contribution in [3.63, 3.8) is 0 Å². The van der Waals surface area contributed by atoms with Crippen molar-refractivity contribution in [1.82, 2.24) is 9.97 Å². The summed E-state index contributed by atoms with van der Waals surface area (Å²) in [5.74, 6) is 1.67. The van der Waals surface area contributed by atoms with E-state index in [9.17, 15) is 0 Å². The number of hydrogen-bond acceptors (Lipinski definition) is 1. The molecule has 1 heterocycles. The van der Waals surface area contributed by atoms with Crippen molar-refractivity contribution in [2.75, 3.05) is 0 Å². The Morgan fingerprint density at radius 2 is 1.60 bits per heavy atom. The molecule has 2 heteroatoms. The molecule has 116 valence electrons. The highest BCUT2D eigenvalue weighted by molar-refractivity contribution is 5.28. The summed E-state index contributed by atoms with van der Waals surface area (Å²) in [7, 11) is 0. The van der Waals surface area contributed by atoms with Gasteiger partial charge in [-0.05, 0) is 25.2 Å². The van der Waals surface area contributed by atoms with Crippen LogP contribution in [0.5, 0.6) is 0 Å². The molecule has 0 aliphatic carbocycles. The molecule has 0 saturated heterocycles. The Balaban J connectivity index is 3.35. The van der Waals surface area contributed by atoms with Crippen molar-refractivity contribution in [2.45, 2.75) is 97.8 Å². The van der Waals surface area contributed by atoms with Gasteiger partial charge in [0.15, 0.2) is 0 Å². The van der Waals surface area contributed by atoms with Crippen LogP contribution in [0.25, 0.3) is 0 Å². The predicted octanol–water partition coefficient (Wildman–Crippen LogP) is 5.69. The molecule has 0 aliphatic heterocycles. The largest absolute Gasteiger partial charge is 0.345 e. The summed E-state index contributed by atoms with van der Waals surface area (Å²) < 4.78 is 0. The minimum absolute atomic E-state index is 0.138. The highest BCUT2D eigenvalue weighted by atomic mass is 15.0. The molecule has 0 unspecified atom stereocenters. The molecule has 1 N–H and O–H groups in total. The standard InChI is InChI=1S/C18H34N2/c1-9-12-17(6,7)16-19-14(13(4)5)15(20-16)18(8,10-2)11-3/h13H,9-12H2,1-8H3,(H,19,20). The summed E-state index contributed by atoms with van der Waals surface area (Å²) >= 11 is 0. The molecule has 0 fully saturated rings. The number of nitrogens with zero attached hydrogens (tertiary/aromatic N) is 1. The first-order valence-corrected chi connectivity index (χ1v) is 8.32. The molecule has 20 heavy (non-hydrogen) atoms. The Bertz CT molecular complexity index is 423. The van der Waals surface area contributed by atoms with Gasteiger partial charge >= 0.3 is 0 Å². The molecular weight excluding hydrogens is 244 g/mol. The van der Waals surface area contributed by atoms with Gasteiger partial charge < -0.3 is 4.98 Å². The Morgan fingerprint density at radius 3 is 2.00 bits per heavy atom. The fraction of sp³-hybridized carbons (Fsp3) is 0.833. The third-order valence-corrected chi connectivity index (χ3v) is 4.96. The second kappa shape index (κ2) is 6.32. The monoisotopic (exact) mass is 278 g/mol. The van der Waals surface area contributed by atoms with E-state index in [1.807, 2.05) is 0 Å². The van der Waals surface area contributed by atoms with Crippen LogP contribution in [0.15, 0.2) is 0 Å². The van der Waals surface area contributed by atoms with Crippen molar-refractivity contribution in [1.29, 1.82) is 0 Å². The third kappa shape index (κ3) is 3.27. The number of imidazole rings is 1. The van der Waals surface area contributed by atoms with Crippen molar-refractivity contribution < 1.29 is 0 Å². The summed E-state index contributed by atoms with van der Waals surface area (Å²) in [6, 6.07) is 0. The Kier molecular flexibility index (Phi) is 5.46. The van der Waals surface area contributed by atoms with E-state index in [-0.39, 0.29) is 10.8 Å². The fourth-order valence-electron chi connectivity index (χ4n) is 2.91. The molecule has 2 nitrogen and oxygen atoms in total. The van der Waals surface area contributed by atoms with Gasteiger partial charge in [0.25, 0.3) is 0 Å².